The van der Waals surface area contributed by atoms with Crippen LogP contribution in [-0.2, 0) is 15.8 Å². The number of ether oxygens (including phenoxy) is 1. The lowest BCUT2D eigenvalue weighted by molar-refractivity contribution is 0.397. The van der Waals surface area contributed by atoms with Crippen molar-refractivity contribution in [3.05, 3.63) is 23.9 Å². The molecule has 6 heteroatoms. The number of nitrogens with one attached hydrogen (secondary N) is 1. The number of pyridine rings is 1. The molecule has 1 aromatic heterocycles. The summed E-state index contributed by atoms with van der Waals surface area (Å²) in [5.74, 6) is 0.399. The van der Waals surface area contributed by atoms with E-state index in [1.54, 1.807) is 12.1 Å². The van der Waals surface area contributed by atoms with E-state index in [1.807, 2.05) is 0 Å². The minimum absolute atomic E-state index is 0.0690. The molecular weight excluding hydrogens is 204 g/mol. The van der Waals surface area contributed by atoms with Gasteiger partial charge >= 0.3 is 0 Å². The molecule has 0 bridgehead atoms. The summed E-state index contributed by atoms with van der Waals surface area (Å²) in [7, 11) is -0.335. The van der Waals surface area contributed by atoms with Crippen molar-refractivity contribution >= 4 is 10.0 Å². The Morgan fingerprint density at radius 3 is 2.64 bits per heavy atom. The minimum Gasteiger partial charge on any atom is -0.481 e. The van der Waals surface area contributed by atoms with Crippen molar-refractivity contribution in [2.45, 2.75) is 5.75 Å². The van der Waals surface area contributed by atoms with Gasteiger partial charge in [-0.1, -0.05) is 6.07 Å². The number of methoxy groups -OCH3 is 1. The first-order valence-electron chi connectivity index (χ1n) is 3.97. The van der Waals surface area contributed by atoms with Crippen LogP contribution in [0.3, 0.4) is 0 Å². The van der Waals surface area contributed by atoms with Gasteiger partial charge in [0, 0.05) is 12.3 Å². The van der Waals surface area contributed by atoms with E-state index in [4.69, 9.17) is 4.74 Å². The van der Waals surface area contributed by atoms with Crippen LogP contribution >= 0.6 is 0 Å². The Morgan fingerprint density at radius 1 is 1.50 bits per heavy atom. The summed E-state index contributed by atoms with van der Waals surface area (Å²) in [6.07, 6.45) is 1.48. The van der Waals surface area contributed by atoms with Gasteiger partial charge in [-0.3, -0.25) is 0 Å². The largest absolute Gasteiger partial charge is 0.481 e. The molecule has 0 atom stereocenters. The number of hydrogen-bond acceptors (Lipinski definition) is 4. The highest BCUT2D eigenvalue weighted by Crippen LogP contribution is 2.08. The molecule has 1 heterocycles. The second-order valence-corrected chi connectivity index (χ2v) is 4.60. The maximum atomic E-state index is 11.2. The molecule has 5 nitrogen and oxygen atoms in total. The van der Waals surface area contributed by atoms with Crippen molar-refractivity contribution < 1.29 is 13.2 Å². The SMILES string of the molecule is CNS(=O)(=O)Cc1ccc(OC)nc1. The number of nitrogens with zero attached hydrogens (tertiary/aromatic N) is 1. The Hall–Kier alpha value is -1.14. The van der Waals surface area contributed by atoms with Gasteiger partial charge < -0.3 is 4.74 Å². The molecule has 0 spiro atoms. The number of aromatic nitrogens is 1. The zero-order valence-electron chi connectivity index (χ0n) is 8.02. The van der Waals surface area contributed by atoms with Crippen LogP contribution in [0.25, 0.3) is 0 Å². The highest BCUT2D eigenvalue weighted by molar-refractivity contribution is 7.88. The van der Waals surface area contributed by atoms with Gasteiger partial charge in [0.05, 0.1) is 12.9 Å². The van der Waals surface area contributed by atoms with E-state index in [0.717, 1.165) is 0 Å². The summed E-state index contributed by atoms with van der Waals surface area (Å²) in [5.41, 5.74) is 0.625. The molecule has 14 heavy (non-hydrogen) atoms. The smallest absolute Gasteiger partial charge is 0.215 e. The molecule has 0 aliphatic rings. The molecular formula is C8H12N2O3S. The first kappa shape index (κ1) is 10.9. The average Bonchev–Trinajstić information content (AvgIpc) is 2.19. The molecule has 0 radical (unpaired) electrons. The third-order valence-corrected chi connectivity index (χ3v) is 3.01. The molecule has 1 aromatic rings. The molecule has 0 saturated heterocycles. The average molecular weight is 216 g/mol. The second kappa shape index (κ2) is 4.39. The fourth-order valence-electron chi connectivity index (χ4n) is 0.909. The van der Waals surface area contributed by atoms with E-state index < -0.39 is 10.0 Å². The molecule has 0 aliphatic heterocycles. The van der Waals surface area contributed by atoms with Crippen molar-refractivity contribution in [3.8, 4) is 5.88 Å². The van der Waals surface area contributed by atoms with Crippen molar-refractivity contribution in [2.24, 2.45) is 0 Å². The quantitative estimate of drug-likeness (QED) is 0.777. The van der Waals surface area contributed by atoms with E-state index in [2.05, 4.69) is 9.71 Å². The Labute approximate surface area is 83.2 Å². The van der Waals surface area contributed by atoms with Gasteiger partial charge in [0.15, 0.2) is 0 Å². The molecule has 0 amide bonds. The van der Waals surface area contributed by atoms with Crippen LogP contribution in [0.1, 0.15) is 5.56 Å². The van der Waals surface area contributed by atoms with Crippen LogP contribution < -0.4 is 9.46 Å². The Kier molecular flexibility index (Phi) is 3.43. The highest BCUT2D eigenvalue weighted by Gasteiger charge is 2.08. The Bertz CT molecular complexity index is 386. The monoisotopic (exact) mass is 216 g/mol. The van der Waals surface area contributed by atoms with Gasteiger partial charge in [-0.25, -0.2) is 18.1 Å². The van der Waals surface area contributed by atoms with E-state index >= 15 is 0 Å². The van der Waals surface area contributed by atoms with Crippen LogP contribution in [0.15, 0.2) is 18.3 Å². The van der Waals surface area contributed by atoms with Crippen molar-refractivity contribution in [3.63, 3.8) is 0 Å². The summed E-state index contributed by atoms with van der Waals surface area (Å²) in [6, 6.07) is 3.29. The zero-order chi connectivity index (χ0) is 10.6. The van der Waals surface area contributed by atoms with E-state index in [-0.39, 0.29) is 5.75 Å². The molecule has 1 N–H and O–H groups in total. The number of hydrogen-bond donors (Lipinski definition) is 1. The molecule has 0 fully saturated rings. The molecule has 0 unspecified atom stereocenters. The van der Waals surface area contributed by atoms with Crippen molar-refractivity contribution in [2.75, 3.05) is 14.2 Å². The predicted molar refractivity (Wildman–Crippen MR) is 52.5 cm³/mol. The van der Waals surface area contributed by atoms with E-state index in [1.165, 1.54) is 20.4 Å². The number of sulfonamides is 1. The first-order valence-corrected chi connectivity index (χ1v) is 5.63. The normalized spacial score (nSPS) is 11.3. The van der Waals surface area contributed by atoms with E-state index in [0.29, 0.717) is 11.4 Å². The van der Waals surface area contributed by atoms with Crippen LogP contribution in [0.2, 0.25) is 0 Å². The highest BCUT2D eigenvalue weighted by atomic mass is 32.2. The van der Waals surface area contributed by atoms with E-state index in [9.17, 15) is 8.42 Å². The molecule has 0 aliphatic carbocycles. The maximum Gasteiger partial charge on any atom is 0.215 e. The molecule has 1 rings (SSSR count). The van der Waals surface area contributed by atoms with Gasteiger partial charge in [0.25, 0.3) is 0 Å². The lowest BCUT2D eigenvalue weighted by Crippen LogP contribution is -2.20. The lowest BCUT2D eigenvalue weighted by atomic mass is 10.3. The third kappa shape index (κ3) is 2.97. The minimum atomic E-state index is -3.22. The van der Waals surface area contributed by atoms with Crippen LogP contribution in [0, 0.1) is 0 Å². The van der Waals surface area contributed by atoms with Crippen LogP contribution in [0.5, 0.6) is 5.88 Å². The maximum absolute atomic E-state index is 11.2. The lowest BCUT2D eigenvalue weighted by Gasteiger charge is -2.02. The molecule has 0 aromatic carbocycles. The fourth-order valence-corrected chi connectivity index (χ4v) is 1.66. The Morgan fingerprint density at radius 2 is 2.21 bits per heavy atom. The Balaban J connectivity index is 2.79. The summed E-state index contributed by atoms with van der Waals surface area (Å²) in [6.45, 7) is 0. The van der Waals surface area contributed by atoms with Crippen molar-refractivity contribution in [1.82, 2.24) is 9.71 Å². The summed E-state index contributed by atoms with van der Waals surface area (Å²) in [4.78, 5) is 3.90. The number of rotatable bonds is 4. The fraction of sp³-hybridized carbons (Fsp3) is 0.375. The third-order valence-electron chi connectivity index (χ3n) is 1.67. The van der Waals surface area contributed by atoms with Crippen LogP contribution in [-0.4, -0.2) is 27.6 Å². The summed E-state index contributed by atoms with van der Waals surface area (Å²) < 4.78 is 29.4. The predicted octanol–water partition coefficient (Wildman–Crippen LogP) is 0.139. The topological polar surface area (TPSA) is 68.3 Å². The summed E-state index contributed by atoms with van der Waals surface area (Å²) >= 11 is 0. The van der Waals surface area contributed by atoms with Crippen molar-refractivity contribution in [1.29, 1.82) is 0 Å². The zero-order valence-corrected chi connectivity index (χ0v) is 8.84. The second-order valence-electron chi connectivity index (χ2n) is 2.67. The molecule has 78 valence electrons. The van der Waals surface area contributed by atoms with Crippen LogP contribution in [0.4, 0.5) is 0 Å². The first-order chi connectivity index (χ1) is 6.57. The van der Waals surface area contributed by atoms with Gasteiger partial charge in [-0.2, -0.15) is 0 Å². The standard InChI is InChI=1S/C8H12N2O3S/c1-9-14(11,12)6-7-3-4-8(13-2)10-5-7/h3-5,9H,6H2,1-2H3. The van der Waals surface area contributed by atoms with Gasteiger partial charge in [-0.05, 0) is 12.6 Å². The van der Waals surface area contributed by atoms with Gasteiger partial charge in [0.2, 0.25) is 15.9 Å². The van der Waals surface area contributed by atoms with Gasteiger partial charge in [0.1, 0.15) is 0 Å². The molecule has 0 saturated carbocycles. The summed E-state index contributed by atoms with van der Waals surface area (Å²) in [5, 5.41) is 0. The van der Waals surface area contributed by atoms with Gasteiger partial charge in [-0.15, -0.1) is 0 Å².